The van der Waals surface area contributed by atoms with Crippen LogP contribution in [0.15, 0.2) is 16.7 Å². The summed E-state index contributed by atoms with van der Waals surface area (Å²) in [6.45, 7) is 11.8. The molecule has 5 N–H and O–H groups in total. The van der Waals surface area contributed by atoms with E-state index in [1.807, 2.05) is 19.9 Å². The lowest BCUT2D eigenvalue weighted by molar-refractivity contribution is -0.264. The van der Waals surface area contributed by atoms with Gasteiger partial charge in [0.2, 0.25) is 0 Å². The summed E-state index contributed by atoms with van der Waals surface area (Å²) >= 11 is 0. The number of ketones is 1. The quantitative estimate of drug-likeness (QED) is 0.164. The average molecular weight is 837 g/mol. The fourth-order valence-corrected chi connectivity index (χ4v) is 16.0. The maximum absolute atomic E-state index is 15.4. The second kappa shape index (κ2) is 14.3. The van der Waals surface area contributed by atoms with Gasteiger partial charge in [-0.2, -0.15) is 0 Å². The van der Waals surface area contributed by atoms with E-state index >= 15 is 4.79 Å². The lowest BCUT2D eigenvalue weighted by Crippen LogP contribution is -2.77. The van der Waals surface area contributed by atoms with Crippen molar-refractivity contribution in [2.24, 2.45) is 57.2 Å². The summed E-state index contributed by atoms with van der Waals surface area (Å²) in [6.07, 6.45) is 6.67. The van der Waals surface area contributed by atoms with Crippen LogP contribution in [0, 0.1) is 57.2 Å². The number of esters is 2. The molecule has 1 aromatic heterocycles. The number of hydrogen-bond acceptors (Lipinski definition) is 13. The van der Waals surface area contributed by atoms with Gasteiger partial charge in [-0.05, 0) is 107 Å². The molecular weight excluding hydrogens is 769 g/mol. The Morgan fingerprint density at radius 1 is 0.967 bits per heavy atom. The van der Waals surface area contributed by atoms with Crippen LogP contribution in [0.1, 0.15) is 129 Å². The Balaban J connectivity index is 1.01. The topological polar surface area (TPSA) is 189 Å². The van der Waals surface area contributed by atoms with Gasteiger partial charge in [0.15, 0.2) is 11.9 Å². The van der Waals surface area contributed by atoms with Crippen molar-refractivity contribution in [1.29, 1.82) is 0 Å². The second-order valence-electron chi connectivity index (χ2n) is 21.9. The molecule has 6 heterocycles. The highest BCUT2D eigenvalue weighted by molar-refractivity contribution is 5.92. The second-order valence-corrected chi connectivity index (χ2v) is 21.9. The number of aliphatic hydroxyl groups excluding tert-OH is 3. The molecule has 0 aromatic carbocycles. The summed E-state index contributed by atoms with van der Waals surface area (Å²) in [5.74, 6) is -0.735. The predicted octanol–water partition coefficient (Wildman–Crippen LogP) is 4.53. The molecule has 1 aromatic rings. The Morgan fingerprint density at radius 2 is 1.72 bits per heavy atom. The number of carbonyl (C=O) groups excluding carboxylic acids is 3. The number of furan rings is 1. The van der Waals surface area contributed by atoms with Gasteiger partial charge in [0.1, 0.15) is 30.2 Å². The molecule has 0 radical (unpaired) electrons. The van der Waals surface area contributed by atoms with E-state index in [1.54, 1.807) is 6.26 Å². The summed E-state index contributed by atoms with van der Waals surface area (Å²) in [5, 5.41) is 41.4. The lowest BCUT2D eigenvalue weighted by atomic mass is 9.35. The fraction of sp³-hybridized carbons (Fsp3) is 0.851. The third kappa shape index (κ3) is 5.38. The minimum Gasteiger partial charge on any atom is -0.469 e. The molecule has 5 saturated heterocycles. The Kier molecular flexibility index (Phi) is 9.92. The molecule has 9 fully saturated rings. The maximum atomic E-state index is 15.4. The molecule has 13 heteroatoms. The van der Waals surface area contributed by atoms with E-state index in [4.69, 9.17) is 23.4 Å². The summed E-state index contributed by atoms with van der Waals surface area (Å²) in [7, 11) is 0. The van der Waals surface area contributed by atoms with Gasteiger partial charge in [-0.25, -0.2) is 4.79 Å². The summed E-state index contributed by atoms with van der Waals surface area (Å²) < 4.78 is 33.1. The van der Waals surface area contributed by atoms with Crippen molar-refractivity contribution in [3.63, 3.8) is 0 Å². The molecule has 5 aliphatic heterocycles. The number of nitrogens with one attached hydrogen (secondary N) is 2. The molecular formula is C47H68N2O11. The van der Waals surface area contributed by atoms with Gasteiger partial charge in [0, 0.05) is 47.5 Å². The smallest absolute Gasteiger partial charge is 0.339 e. The summed E-state index contributed by atoms with van der Waals surface area (Å²) in [5.41, 5.74) is -5.45. The van der Waals surface area contributed by atoms with Gasteiger partial charge in [0.25, 0.3) is 0 Å². The molecule has 332 valence electrons. The van der Waals surface area contributed by atoms with Crippen molar-refractivity contribution in [3.05, 3.63) is 23.7 Å². The molecule has 9 aliphatic rings. The van der Waals surface area contributed by atoms with Crippen LogP contribution in [0.4, 0.5) is 0 Å². The van der Waals surface area contributed by atoms with Crippen LogP contribution in [0.5, 0.6) is 0 Å². The highest BCUT2D eigenvalue weighted by Gasteiger charge is 2.92. The lowest BCUT2D eigenvalue weighted by Gasteiger charge is -2.67. The van der Waals surface area contributed by atoms with Crippen molar-refractivity contribution in [1.82, 2.24) is 10.6 Å². The van der Waals surface area contributed by atoms with Crippen LogP contribution in [-0.4, -0.2) is 101 Å². The standard InChI is InChI=1S/C47H68N2O11/c1-25(2)12-18-43(4)35-34(52)36(53)44(5)33(46(35)23-57-41(55)45(40(46)60-43)15-6-7-16-45)13-17-42(3)37(58-39(54)38-47(42,44)59-38)28-14-19-56-32(28)20-29(31(51)22-50)26-8-10-27(11-9-26)30-21-48-24-49-30/h14,19,25-27,29-31,33,35-38,40,48-51,53H,6-13,15-18,20-24H2,1-5H3/t26?,27?,29-,30-,31+,33-,35+,36+,37-,38+,40-,42-,43-,44-,46+,47+/m0/s1. The minimum absolute atomic E-state index is 0.0284. The monoisotopic (exact) mass is 836 g/mol. The molecule has 0 amide bonds. The Hall–Kier alpha value is -2.39. The summed E-state index contributed by atoms with van der Waals surface area (Å²) in [6, 6.07) is 2.30. The molecule has 14 atom stereocenters. The van der Waals surface area contributed by atoms with Crippen molar-refractivity contribution >= 4 is 17.7 Å². The first-order valence-corrected chi connectivity index (χ1v) is 23.4. The molecule has 3 spiro atoms. The van der Waals surface area contributed by atoms with Gasteiger partial charge in [-0.15, -0.1) is 0 Å². The molecule has 4 saturated carbocycles. The average Bonchev–Trinajstić information content (AvgIpc) is 3.72. The zero-order valence-corrected chi connectivity index (χ0v) is 36.2. The molecule has 0 bridgehead atoms. The first kappa shape index (κ1) is 41.6. The van der Waals surface area contributed by atoms with Crippen molar-refractivity contribution in [3.8, 4) is 0 Å². The van der Waals surface area contributed by atoms with E-state index in [-0.39, 0.29) is 42.7 Å². The number of ether oxygens (including phenoxy) is 4. The van der Waals surface area contributed by atoms with Crippen molar-refractivity contribution in [2.75, 3.05) is 26.4 Å². The normalized spacial score (nSPS) is 47.5. The van der Waals surface area contributed by atoms with E-state index in [0.717, 1.165) is 58.2 Å². The number of Topliss-reactive ketones (excluding diaryl/α,β-unsaturated/α-hetero) is 1. The Morgan fingerprint density at radius 3 is 2.40 bits per heavy atom. The number of epoxide rings is 1. The van der Waals surface area contributed by atoms with Gasteiger partial charge < -0.3 is 49.3 Å². The van der Waals surface area contributed by atoms with E-state index in [0.29, 0.717) is 67.7 Å². The number of hydrogen-bond donors (Lipinski definition) is 5. The zero-order valence-electron chi connectivity index (χ0n) is 36.2. The predicted molar refractivity (Wildman–Crippen MR) is 216 cm³/mol. The number of cyclic esters (lactones) is 2. The Labute approximate surface area is 353 Å². The highest BCUT2D eigenvalue weighted by atomic mass is 16.7. The molecule has 13 nitrogen and oxygen atoms in total. The third-order valence-corrected chi connectivity index (χ3v) is 18.8. The number of aliphatic hydroxyl groups is 3. The van der Waals surface area contributed by atoms with Gasteiger partial charge in [-0.1, -0.05) is 40.5 Å². The van der Waals surface area contributed by atoms with E-state index < -0.39 is 75.3 Å². The van der Waals surface area contributed by atoms with Crippen LogP contribution >= 0.6 is 0 Å². The first-order chi connectivity index (χ1) is 28.6. The van der Waals surface area contributed by atoms with Crippen LogP contribution < -0.4 is 10.6 Å². The number of carbonyl (C=O) groups is 3. The molecule has 10 rings (SSSR count). The van der Waals surface area contributed by atoms with Crippen molar-refractivity contribution in [2.45, 2.75) is 166 Å². The van der Waals surface area contributed by atoms with Gasteiger partial charge >= 0.3 is 11.9 Å². The number of rotatable bonds is 10. The van der Waals surface area contributed by atoms with E-state index in [1.165, 1.54) is 0 Å². The maximum Gasteiger partial charge on any atom is 0.339 e. The zero-order chi connectivity index (χ0) is 42.2. The van der Waals surface area contributed by atoms with Gasteiger partial charge in [0.05, 0.1) is 42.0 Å². The van der Waals surface area contributed by atoms with E-state index in [9.17, 15) is 24.9 Å². The SMILES string of the molecule is CC(C)CC[C@]1(C)O[C@H]2C3(CCCC3)C(=O)OC[C@]23[C@H]2CC[C@@]4(C)[C@H](c5ccoc5C[C@@H](C5CCC([C@@H]6CNCN6)CC5)[C@H](O)CO)OC(=O)[C@H]5O[C@]54[C@]2(C)[C@H](O)C(=O)[C@@H]31. The molecule has 0 unspecified atom stereocenters. The number of fused-ring (bicyclic) bond motifs is 2. The third-order valence-electron chi connectivity index (χ3n) is 18.8. The first-order valence-electron chi connectivity index (χ1n) is 23.4. The van der Waals surface area contributed by atoms with E-state index in [2.05, 4.69) is 31.4 Å². The molecule has 60 heavy (non-hydrogen) atoms. The van der Waals surface area contributed by atoms with Crippen LogP contribution in [0.3, 0.4) is 0 Å². The van der Waals surface area contributed by atoms with Crippen LogP contribution in [-0.2, 0) is 39.8 Å². The molecule has 4 aliphatic carbocycles. The van der Waals surface area contributed by atoms with Crippen molar-refractivity contribution < 1.29 is 53.1 Å². The van der Waals surface area contributed by atoms with Crippen LogP contribution in [0.2, 0.25) is 0 Å². The Bertz CT molecular complexity index is 1870. The fourth-order valence-electron chi connectivity index (χ4n) is 16.0. The minimum atomic E-state index is -1.47. The largest absolute Gasteiger partial charge is 0.469 e. The van der Waals surface area contributed by atoms with Crippen LogP contribution in [0.25, 0.3) is 0 Å². The summed E-state index contributed by atoms with van der Waals surface area (Å²) in [4.78, 5) is 43.7. The van der Waals surface area contributed by atoms with Gasteiger partial charge in [-0.3, -0.25) is 9.59 Å². The highest BCUT2D eigenvalue weighted by Crippen LogP contribution is 2.81.